The average Bonchev–Trinajstić information content (AvgIpc) is 3.31. The first-order chi connectivity index (χ1) is 15.5. The number of hydrazine groups is 1. The number of carbonyl (C=O) groups is 2. The van der Waals surface area contributed by atoms with Crippen molar-refractivity contribution < 1.29 is 18.0 Å². The zero-order valence-corrected chi connectivity index (χ0v) is 21.2. The summed E-state index contributed by atoms with van der Waals surface area (Å²) in [5.41, 5.74) is 2.91. The molecule has 0 aromatic rings. The van der Waals surface area contributed by atoms with E-state index in [9.17, 15) is 18.0 Å². The summed E-state index contributed by atoms with van der Waals surface area (Å²) in [6.07, 6.45) is 3.85. The molecule has 2 saturated heterocycles. The third-order valence-electron chi connectivity index (χ3n) is 7.68. The number of hydrogen-bond acceptors (Lipinski definition) is 7. The Hall–Kier alpha value is -1.27. The van der Waals surface area contributed by atoms with Crippen LogP contribution in [0.3, 0.4) is 0 Å². The number of nitrogens with one attached hydrogen (secondary N) is 2. The maximum absolute atomic E-state index is 13.6. The zero-order valence-electron chi connectivity index (χ0n) is 20.4. The smallest absolute Gasteiger partial charge is 0.320 e. The van der Waals surface area contributed by atoms with Crippen LogP contribution in [0.2, 0.25) is 0 Å². The molecule has 11 heteroatoms. The van der Waals surface area contributed by atoms with Gasteiger partial charge in [0.25, 0.3) is 0 Å². The van der Waals surface area contributed by atoms with Crippen LogP contribution in [0, 0.1) is 11.8 Å². The van der Waals surface area contributed by atoms with E-state index in [0.717, 1.165) is 38.9 Å². The molecule has 2 heterocycles. The number of fused-ring (bicyclic) bond motifs is 1. The summed E-state index contributed by atoms with van der Waals surface area (Å²) in [5.74, 6) is -0.486. The molecule has 3 amide bonds. The largest absolute Gasteiger partial charge is 0.326 e. The van der Waals surface area contributed by atoms with E-state index in [1.165, 1.54) is 4.90 Å². The molecule has 33 heavy (non-hydrogen) atoms. The molecular formula is C22H40N6O4S. The minimum absolute atomic E-state index is 0.169. The van der Waals surface area contributed by atoms with Crippen molar-refractivity contribution >= 4 is 22.0 Å². The summed E-state index contributed by atoms with van der Waals surface area (Å²) < 4.78 is 29.0. The maximum atomic E-state index is 13.6. The highest BCUT2D eigenvalue weighted by molar-refractivity contribution is 7.90. The van der Waals surface area contributed by atoms with Gasteiger partial charge in [-0.2, -0.15) is 0 Å². The Morgan fingerprint density at radius 2 is 1.94 bits per heavy atom. The Morgan fingerprint density at radius 1 is 1.21 bits per heavy atom. The summed E-state index contributed by atoms with van der Waals surface area (Å²) in [6, 6.07) is -0.421. The van der Waals surface area contributed by atoms with Gasteiger partial charge in [-0.3, -0.25) is 15.1 Å². The van der Waals surface area contributed by atoms with Gasteiger partial charge < -0.3 is 9.80 Å². The van der Waals surface area contributed by atoms with Crippen molar-refractivity contribution in [1.82, 2.24) is 29.9 Å². The monoisotopic (exact) mass is 484 g/mol. The zero-order chi connectivity index (χ0) is 24.0. The minimum Gasteiger partial charge on any atom is -0.320 e. The summed E-state index contributed by atoms with van der Waals surface area (Å²) in [7, 11) is 2.45. The fourth-order valence-electron chi connectivity index (χ4n) is 5.51. The molecule has 4 atom stereocenters. The highest BCUT2D eigenvalue weighted by atomic mass is 32.2. The first kappa shape index (κ1) is 24.8. The van der Waals surface area contributed by atoms with Gasteiger partial charge in [-0.15, -0.1) is 0 Å². The minimum atomic E-state index is -3.51. The predicted octanol–water partition coefficient (Wildman–Crippen LogP) is 0.278. The molecular weight excluding hydrogens is 444 g/mol. The standard InChI is InChI=1S/C22H40N6O4S/c1-22(8-9-22)24-33(31,32)17-6-7-19-18(12-17)20(29)28(15-16-13-23-26(4)14-16)21(30)27(19)11-5-10-25(2)3/h16-19,23-24H,5-15H2,1-4H3. The van der Waals surface area contributed by atoms with Crippen molar-refractivity contribution in [2.24, 2.45) is 11.8 Å². The number of carbonyl (C=O) groups excluding carboxylic acids is 2. The van der Waals surface area contributed by atoms with Gasteiger partial charge in [-0.1, -0.05) is 0 Å². The van der Waals surface area contributed by atoms with Crippen LogP contribution in [0.5, 0.6) is 0 Å². The molecule has 0 spiro atoms. The SMILES string of the molecule is CN(C)CCCN1C(=O)N(CC2CNN(C)C2)C(=O)C2CC(S(=O)(=O)NC3(C)CC3)CCC21. The van der Waals surface area contributed by atoms with Crippen LogP contribution < -0.4 is 10.1 Å². The van der Waals surface area contributed by atoms with Crippen LogP contribution in [0.1, 0.15) is 45.4 Å². The van der Waals surface area contributed by atoms with Crippen molar-refractivity contribution in [3.05, 3.63) is 0 Å². The Morgan fingerprint density at radius 3 is 2.55 bits per heavy atom. The van der Waals surface area contributed by atoms with Crippen molar-refractivity contribution in [2.75, 3.05) is 53.9 Å². The highest BCUT2D eigenvalue weighted by Gasteiger charge is 2.52. The van der Waals surface area contributed by atoms with Gasteiger partial charge in [0.15, 0.2) is 0 Å². The van der Waals surface area contributed by atoms with E-state index in [0.29, 0.717) is 25.9 Å². The topological polar surface area (TPSA) is 105 Å². The van der Waals surface area contributed by atoms with E-state index >= 15 is 0 Å². The molecule has 10 nitrogen and oxygen atoms in total. The molecule has 4 fully saturated rings. The summed E-state index contributed by atoms with van der Waals surface area (Å²) in [4.78, 5) is 32.4. The van der Waals surface area contributed by atoms with Gasteiger partial charge in [0.2, 0.25) is 15.9 Å². The molecule has 2 aliphatic heterocycles. The van der Waals surface area contributed by atoms with E-state index in [2.05, 4.69) is 15.0 Å². The lowest BCUT2D eigenvalue weighted by atomic mass is 9.80. The molecule has 4 aliphatic rings. The summed E-state index contributed by atoms with van der Waals surface area (Å²) >= 11 is 0. The lowest BCUT2D eigenvalue weighted by molar-refractivity contribution is -0.141. The molecule has 0 aromatic carbocycles. The number of urea groups is 1. The van der Waals surface area contributed by atoms with Gasteiger partial charge in [-0.25, -0.2) is 22.9 Å². The number of sulfonamides is 1. The van der Waals surface area contributed by atoms with E-state index in [1.54, 1.807) is 0 Å². The van der Waals surface area contributed by atoms with Crippen molar-refractivity contribution in [3.8, 4) is 0 Å². The molecule has 4 rings (SSSR count). The van der Waals surface area contributed by atoms with E-state index in [4.69, 9.17) is 0 Å². The molecule has 188 valence electrons. The van der Waals surface area contributed by atoms with Gasteiger partial charge in [0.1, 0.15) is 0 Å². The van der Waals surface area contributed by atoms with Crippen LogP contribution in [0.15, 0.2) is 0 Å². The van der Waals surface area contributed by atoms with Crippen LogP contribution in [-0.4, -0.2) is 111 Å². The van der Waals surface area contributed by atoms with E-state index < -0.39 is 21.2 Å². The second-order valence-electron chi connectivity index (χ2n) is 11.0. The Bertz CT molecular complexity index is 861. The van der Waals surface area contributed by atoms with Crippen molar-refractivity contribution in [1.29, 1.82) is 0 Å². The molecule has 0 radical (unpaired) electrons. The molecule has 2 N–H and O–H groups in total. The fourth-order valence-corrected chi connectivity index (χ4v) is 7.48. The third-order valence-corrected chi connectivity index (χ3v) is 9.76. The van der Waals surface area contributed by atoms with Crippen molar-refractivity contribution in [3.63, 3.8) is 0 Å². The van der Waals surface area contributed by atoms with Crippen LogP contribution >= 0.6 is 0 Å². The van der Waals surface area contributed by atoms with Gasteiger partial charge in [-0.05, 0) is 66.1 Å². The Labute approximate surface area is 198 Å². The van der Waals surface area contributed by atoms with E-state index in [-0.39, 0.29) is 35.9 Å². The van der Waals surface area contributed by atoms with Gasteiger partial charge >= 0.3 is 6.03 Å². The van der Waals surface area contributed by atoms with Crippen LogP contribution in [-0.2, 0) is 14.8 Å². The fraction of sp³-hybridized carbons (Fsp3) is 0.909. The summed E-state index contributed by atoms with van der Waals surface area (Å²) in [5, 5.41) is 1.40. The molecule has 2 saturated carbocycles. The first-order valence-electron chi connectivity index (χ1n) is 12.2. The maximum Gasteiger partial charge on any atom is 0.326 e. The normalized spacial score (nSPS) is 32.5. The van der Waals surface area contributed by atoms with Gasteiger partial charge in [0, 0.05) is 50.7 Å². The Balaban J connectivity index is 1.52. The van der Waals surface area contributed by atoms with Crippen molar-refractivity contribution in [2.45, 2.75) is 62.3 Å². The lowest BCUT2D eigenvalue weighted by Crippen LogP contribution is -2.65. The molecule has 0 bridgehead atoms. The second-order valence-corrected chi connectivity index (χ2v) is 13.0. The quantitative estimate of drug-likeness (QED) is 0.484. The Kier molecular flexibility index (Phi) is 7.08. The second kappa shape index (κ2) is 9.41. The first-order valence-corrected chi connectivity index (χ1v) is 13.8. The van der Waals surface area contributed by atoms with Crippen LogP contribution in [0.4, 0.5) is 4.79 Å². The number of nitrogens with zero attached hydrogens (tertiary/aromatic N) is 4. The van der Waals surface area contributed by atoms with E-state index in [1.807, 2.05) is 38.0 Å². The molecule has 2 aliphatic carbocycles. The number of hydrogen-bond donors (Lipinski definition) is 2. The number of imide groups is 1. The molecule has 0 aromatic heterocycles. The number of rotatable bonds is 9. The lowest BCUT2D eigenvalue weighted by Gasteiger charge is -2.48. The van der Waals surface area contributed by atoms with Crippen LogP contribution in [0.25, 0.3) is 0 Å². The third kappa shape index (κ3) is 5.53. The summed E-state index contributed by atoms with van der Waals surface area (Å²) in [6.45, 7) is 5.23. The highest BCUT2D eigenvalue weighted by Crippen LogP contribution is 2.40. The predicted molar refractivity (Wildman–Crippen MR) is 126 cm³/mol. The van der Waals surface area contributed by atoms with Gasteiger partial charge in [0.05, 0.1) is 11.2 Å². The number of amides is 3. The molecule has 4 unspecified atom stereocenters. The average molecular weight is 485 g/mol.